The summed E-state index contributed by atoms with van der Waals surface area (Å²) in [5, 5.41) is 0. The second kappa shape index (κ2) is 9.38. The van der Waals surface area contributed by atoms with Crippen molar-refractivity contribution in [1.82, 2.24) is 0 Å². The molecule has 0 atom stereocenters. The van der Waals surface area contributed by atoms with Crippen molar-refractivity contribution in [2.24, 2.45) is 0 Å². The first-order chi connectivity index (χ1) is 19.2. The Kier molecular flexibility index (Phi) is 5.56. The van der Waals surface area contributed by atoms with Crippen LogP contribution in [0, 0.1) is 0 Å². The molecular formula is C36H25BO2. The van der Waals surface area contributed by atoms with Gasteiger partial charge in [0.1, 0.15) is 23.0 Å². The third-order valence-corrected chi connectivity index (χ3v) is 7.56. The van der Waals surface area contributed by atoms with E-state index < -0.39 is 0 Å². The minimum atomic E-state index is -0.0283. The molecule has 2 aliphatic rings. The number of ether oxygens (including phenoxy) is 2. The lowest BCUT2D eigenvalue weighted by Crippen LogP contribution is -2.57. The smallest absolute Gasteiger partial charge is 0.260 e. The fourth-order valence-electron chi connectivity index (χ4n) is 5.73. The fourth-order valence-corrected chi connectivity index (χ4v) is 5.73. The molecule has 0 unspecified atom stereocenters. The topological polar surface area (TPSA) is 18.5 Å². The molecular weight excluding hydrogens is 475 g/mol. The van der Waals surface area contributed by atoms with Gasteiger partial charge >= 0.3 is 0 Å². The second-order valence-corrected chi connectivity index (χ2v) is 9.79. The monoisotopic (exact) mass is 500 g/mol. The van der Waals surface area contributed by atoms with Crippen LogP contribution in [0.5, 0.6) is 23.0 Å². The highest BCUT2D eigenvalue weighted by Gasteiger charge is 2.41. The molecule has 5 aromatic rings. The number of benzene rings is 5. The van der Waals surface area contributed by atoms with Gasteiger partial charge in [0.2, 0.25) is 0 Å². The van der Waals surface area contributed by atoms with Gasteiger partial charge in [0, 0.05) is 11.0 Å². The average Bonchev–Trinajstić information content (AvgIpc) is 3.00. The predicted octanol–water partition coefficient (Wildman–Crippen LogP) is 7.50. The molecule has 5 aromatic carbocycles. The third kappa shape index (κ3) is 3.83. The van der Waals surface area contributed by atoms with Crippen LogP contribution in [0.1, 0.15) is 5.56 Å². The summed E-state index contributed by atoms with van der Waals surface area (Å²) in [5.41, 5.74) is 9.88. The van der Waals surface area contributed by atoms with Crippen LogP contribution in [0.4, 0.5) is 0 Å². The fraction of sp³-hybridized carbons (Fsp3) is 0. The lowest BCUT2D eigenvalue weighted by molar-refractivity contribution is 0.465. The highest BCUT2D eigenvalue weighted by atomic mass is 16.5. The summed E-state index contributed by atoms with van der Waals surface area (Å²) in [6, 6.07) is 38.0. The molecule has 0 saturated carbocycles. The first-order valence-corrected chi connectivity index (χ1v) is 13.1. The van der Waals surface area contributed by atoms with Crippen LogP contribution in [0.15, 0.2) is 141 Å². The van der Waals surface area contributed by atoms with Gasteiger partial charge in [0.25, 0.3) is 6.71 Å². The van der Waals surface area contributed by atoms with Gasteiger partial charge in [0.05, 0.1) is 0 Å². The van der Waals surface area contributed by atoms with Crippen LogP contribution >= 0.6 is 0 Å². The van der Waals surface area contributed by atoms with E-state index in [0.717, 1.165) is 67.2 Å². The zero-order valence-corrected chi connectivity index (χ0v) is 21.4. The molecule has 184 valence electrons. The van der Waals surface area contributed by atoms with E-state index in [0.29, 0.717) is 0 Å². The van der Waals surface area contributed by atoms with Crippen molar-refractivity contribution in [2.45, 2.75) is 0 Å². The Balaban J connectivity index is 1.47. The molecule has 0 amide bonds. The lowest BCUT2D eigenvalue weighted by Gasteiger charge is -2.34. The van der Waals surface area contributed by atoms with Crippen LogP contribution in [-0.4, -0.2) is 6.71 Å². The summed E-state index contributed by atoms with van der Waals surface area (Å²) < 4.78 is 13.3. The van der Waals surface area contributed by atoms with Crippen molar-refractivity contribution in [3.63, 3.8) is 0 Å². The van der Waals surface area contributed by atoms with Crippen molar-refractivity contribution >= 4 is 28.7 Å². The molecule has 7 rings (SSSR count). The Morgan fingerprint density at radius 1 is 0.615 bits per heavy atom. The Morgan fingerprint density at radius 3 is 2.10 bits per heavy atom. The molecule has 0 bridgehead atoms. The van der Waals surface area contributed by atoms with E-state index in [-0.39, 0.29) is 6.71 Å². The summed E-state index contributed by atoms with van der Waals surface area (Å²) in [6.07, 6.45) is 5.59. The molecule has 0 spiro atoms. The van der Waals surface area contributed by atoms with E-state index in [1.54, 1.807) is 6.08 Å². The maximum atomic E-state index is 6.71. The van der Waals surface area contributed by atoms with Gasteiger partial charge in [0.15, 0.2) is 0 Å². The van der Waals surface area contributed by atoms with Crippen LogP contribution < -0.4 is 25.9 Å². The molecule has 0 saturated heterocycles. The highest BCUT2D eigenvalue weighted by Crippen LogP contribution is 2.41. The van der Waals surface area contributed by atoms with Gasteiger partial charge in [-0.05, 0) is 63.0 Å². The SMILES string of the molecule is C=C/C=C(\C=C)c1ccc2c(c1)Oc1ccc(-c3ccccc3)c3c1B2c1cc(-c2ccccc2)ccc1O3. The lowest BCUT2D eigenvalue weighted by atomic mass is 9.34. The van der Waals surface area contributed by atoms with E-state index >= 15 is 0 Å². The Hall–Kier alpha value is -5.02. The van der Waals surface area contributed by atoms with Gasteiger partial charge in [-0.1, -0.05) is 116 Å². The standard InChI is InChI=1S/C36H25BO2/c1-3-11-24(4-2)28-16-19-30-34(23-28)38-33-21-18-29(26-14-9-6-10-15-26)36-35(33)37(30)31-22-27(17-20-32(31)39-36)25-12-7-5-8-13-25/h3-23H,1-2H2/b24-11+. The quantitative estimate of drug-likeness (QED) is 0.180. The van der Waals surface area contributed by atoms with Gasteiger partial charge in [-0.3, -0.25) is 0 Å². The molecule has 0 N–H and O–H groups in total. The van der Waals surface area contributed by atoms with E-state index in [4.69, 9.17) is 9.47 Å². The highest BCUT2D eigenvalue weighted by molar-refractivity contribution is 6.98. The van der Waals surface area contributed by atoms with Gasteiger partial charge < -0.3 is 9.47 Å². The van der Waals surface area contributed by atoms with Crippen molar-refractivity contribution in [1.29, 1.82) is 0 Å². The van der Waals surface area contributed by atoms with Gasteiger partial charge in [-0.25, -0.2) is 0 Å². The van der Waals surface area contributed by atoms with E-state index in [9.17, 15) is 0 Å². The van der Waals surface area contributed by atoms with Crippen molar-refractivity contribution in [3.8, 4) is 45.3 Å². The maximum Gasteiger partial charge on any atom is 0.260 e. The molecule has 0 radical (unpaired) electrons. The average molecular weight is 500 g/mol. The first-order valence-electron chi connectivity index (χ1n) is 13.1. The zero-order chi connectivity index (χ0) is 26.3. The Bertz CT molecular complexity index is 1780. The summed E-state index contributed by atoms with van der Waals surface area (Å²) in [5.74, 6) is 3.40. The number of rotatable bonds is 5. The van der Waals surface area contributed by atoms with Gasteiger partial charge in [-0.15, -0.1) is 0 Å². The third-order valence-electron chi connectivity index (χ3n) is 7.56. The van der Waals surface area contributed by atoms with E-state index in [2.05, 4.69) is 110 Å². The number of fused-ring (bicyclic) bond motifs is 4. The Morgan fingerprint density at radius 2 is 1.36 bits per heavy atom. The second-order valence-electron chi connectivity index (χ2n) is 9.79. The molecule has 0 aromatic heterocycles. The predicted molar refractivity (Wildman–Crippen MR) is 163 cm³/mol. The summed E-state index contributed by atoms with van der Waals surface area (Å²) in [4.78, 5) is 0. The minimum Gasteiger partial charge on any atom is -0.458 e. The zero-order valence-electron chi connectivity index (χ0n) is 21.4. The molecule has 2 nitrogen and oxygen atoms in total. The van der Waals surface area contributed by atoms with Crippen molar-refractivity contribution in [2.75, 3.05) is 0 Å². The number of allylic oxidation sites excluding steroid dienone is 4. The van der Waals surface area contributed by atoms with Crippen LogP contribution in [0.3, 0.4) is 0 Å². The molecule has 0 aliphatic carbocycles. The summed E-state index contributed by atoms with van der Waals surface area (Å²) in [6.45, 7) is 7.82. The number of hydrogen-bond donors (Lipinski definition) is 0. The van der Waals surface area contributed by atoms with Crippen LogP contribution in [-0.2, 0) is 0 Å². The minimum absolute atomic E-state index is 0.0283. The largest absolute Gasteiger partial charge is 0.458 e. The first kappa shape index (κ1) is 23.1. The normalized spacial score (nSPS) is 12.8. The van der Waals surface area contributed by atoms with E-state index in [1.807, 2.05) is 24.3 Å². The van der Waals surface area contributed by atoms with Crippen molar-refractivity contribution < 1.29 is 9.47 Å². The number of hydrogen-bond acceptors (Lipinski definition) is 2. The molecule has 39 heavy (non-hydrogen) atoms. The molecule has 2 heterocycles. The molecule has 0 fully saturated rings. The summed E-state index contributed by atoms with van der Waals surface area (Å²) in [7, 11) is 0. The molecule has 3 heteroatoms. The summed E-state index contributed by atoms with van der Waals surface area (Å²) >= 11 is 0. The Labute approximate surface area is 229 Å². The maximum absolute atomic E-state index is 6.71. The van der Waals surface area contributed by atoms with Gasteiger partial charge in [-0.2, -0.15) is 0 Å². The van der Waals surface area contributed by atoms with E-state index in [1.165, 1.54) is 5.56 Å². The molecule has 2 aliphatic heterocycles. The van der Waals surface area contributed by atoms with Crippen molar-refractivity contribution in [3.05, 3.63) is 146 Å². The van der Waals surface area contributed by atoms with Crippen LogP contribution in [0.25, 0.3) is 27.8 Å². The van der Waals surface area contributed by atoms with Crippen LogP contribution in [0.2, 0.25) is 0 Å².